The monoisotopic (exact) mass is 388 g/mol. The van der Waals surface area contributed by atoms with E-state index in [-0.39, 0.29) is 17.7 Å². The van der Waals surface area contributed by atoms with Crippen molar-refractivity contribution in [3.8, 4) is 11.5 Å². The van der Waals surface area contributed by atoms with Crippen LogP contribution in [0.4, 0.5) is 5.00 Å². The molecule has 27 heavy (non-hydrogen) atoms. The number of hydrogen-bond donors (Lipinski definition) is 1. The molecule has 0 aliphatic heterocycles. The molecule has 1 aromatic carbocycles. The molecular weight excluding hydrogens is 364 g/mol. The summed E-state index contributed by atoms with van der Waals surface area (Å²) < 4.78 is 10.6. The Morgan fingerprint density at radius 1 is 1.15 bits per heavy atom. The van der Waals surface area contributed by atoms with Gasteiger partial charge >= 0.3 is 0 Å². The lowest BCUT2D eigenvalue weighted by molar-refractivity contribution is -0.117. The van der Waals surface area contributed by atoms with E-state index in [1.54, 1.807) is 31.3 Å². The summed E-state index contributed by atoms with van der Waals surface area (Å²) >= 11 is 1.31. The van der Waals surface area contributed by atoms with Crippen LogP contribution in [0.3, 0.4) is 0 Å². The van der Waals surface area contributed by atoms with Crippen LogP contribution in [0.5, 0.6) is 11.5 Å². The zero-order valence-corrected chi connectivity index (χ0v) is 16.6. The van der Waals surface area contributed by atoms with Crippen LogP contribution >= 0.6 is 11.3 Å². The van der Waals surface area contributed by atoms with E-state index < -0.39 is 0 Å². The SMILES string of the molecule is CCN(Cc1ccc(OC)c(OC)c1)C(=O)c1ccc(NC(=O)C2CC2)s1. The van der Waals surface area contributed by atoms with Crippen molar-refractivity contribution in [2.24, 2.45) is 5.92 Å². The van der Waals surface area contributed by atoms with E-state index in [0.29, 0.717) is 29.5 Å². The van der Waals surface area contributed by atoms with Gasteiger partial charge in [-0.1, -0.05) is 6.07 Å². The van der Waals surface area contributed by atoms with Gasteiger partial charge in [-0.15, -0.1) is 11.3 Å². The maximum atomic E-state index is 12.9. The first-order valence-electron chi connectivity index (χ1n) is 8.96. The number of nitrogens with one attached hydrogen (secondary N) is 1. The molecule has 1 heterocycles. The van der Waals surface area contributed by atoms with E-state index in [1.807, 2.05) is 25.1 Å². The molecular formula is C20H24N2O4S. The molecule has 1 saturated carbocycles. The van der Waals surface area contributed by atoms with Crippen LogP contribution in [0.15, 0.2) is 30.3 Å². The van der Waals surface area contributed by atoms with E-state index in [9.17, 15) is 9.59 Å². The Morgan fingerprint density at radius 3 is 2.52 bits per heavy atom. The van der Waals surface area contributed by atoms with Gasteiger partial charge in [-0.2, -0.15) is 0 Å². The number of ether oxygens (including phenoxy) is 2. The fourth-order valence-corrected chi connectivity index (χ4v) is 3.65. The molecule has 0 unspecified atom stereocenters. The molecule has 0 radical (unpaired) electrons. The highest BCUT2D eigenvalue weighted by molar-refractivity contribution is 7.18. The topological polar surface area (TPSA) is 67.9 Å². The molecule has 1 aliphatic carbocycles. The second-order valence-electron chi connectivity index (χ2n) is 6.44. The molecule has 6 nitrogen and oxygen atoms in total. The summed E-state index contributed by atoms with van der Waals surface area (Å²) in [6.07, 6.45) is 1.91. The average molecular weight is 388 g/mol. The van der Waals surface area contributed by atoms with Crippen molar-refractivity contribution in [3.05, 3.63) is 40.8 Å². The summed E-state index contributed by atoms with van der Waals surface area (Å²) in [5.41, 5.74) is 0.960. The maximum Gasteiger partial charge on any atom is 0.264 e. The molecule has 144 valence electrons. The largest absolute Gasteiger partial charge is 0.493 e. The normalized spacial score (nSPS) is 13.1. The van der Waals surface area contributed by atoms with Crippen LogP contribution < -0.4 is 14.8 Å². The van der Waals surface area contributed by atoms with E-state index in [1.165, 1.54) is 11.3 Å². The van der Waals surface area contributed by atoms with Gasteiger partial charge < -0.3 is 19.7 Å². The number of nitrogens with zero attached hydrogens (tertiary/aromatic N) is 1. The number of carbonyl (C=O) groups excluding carboxylic acids is 2. The highest BCUT2D eigenvalue weighted by Crippen LogP contribution is 2.32. The zero-order valence-electron chi connectivity index (χ0n) is 15.8. The van der Waals surface area contributed by atoms with Gasteiger partial charge in [0.2, 0.25) is 5.91 Å². The van der Waals surface area contributed by atoms with E-state index in [0.717, 1.165) is 23.4 Å². The van der Waals surface area contributed by atoms with Gasteiger partial charge in [0.05, 0.1) is 24.1 Å². The number of anilines is 1. The Kier molecular flexibility index (Phi) is 6.01. The minimum Gasteiger partial charge on any atom is -0.493 e. The van der Waals surface area contributed by atoms with Crippen molar-refractivity contribution in [2.45, 2.75) is 26.3 Å². The third-order valence-corrected chi connectivity index (χ3v) is 5.49. The second kappa shape index (κ2) is 8.43. The standard InChI is InChI=1S/C20H24N2O4S/c1-4-22(12-13-5-8-15(25-2)16(11-13)26-3)20(24)17-9-10-18(27-17)21-19(23)14-6-7-14/h5,8-11,14H,4,6-7,12H2,1-3H3,(H,21,23). The van der Waals surface area contributed by atoms with Crippen LogP contribution in [0.25, 0.3) is 0 Å². The van der Waals surface area contributed by atoms with E-state index in [2.05, 4.69) is 5.32 Å². The van der Waals surface area contributed by atoms with Crippen LogP contribution in [-0.4, -0.2) is 37.5 Å². The highest BCUT2D eigenvalue weighted by Gasteiger charge is 2.30. The number of benzene rings is 1. The Hall–Kier alpha value is -2.54. The first-order valence-corrected chi connectivity index (χ1v) is 9.78. The molecule has 0 bridgehead atoms. The van der Waals surface area contributed by atoms with Gasteiger partial charge in [-0.05, 0) is 49.6 Å². The molecule has 1 N–H and O–H groups in total. The van der Waals surface area contributed by atoms with Crippen LogP contribution in [0.2, 0.25) is 0 Å². The van der Waals surface area contributed by atoms with Crippen molar-refractivity contribution < 1.29 is 19.1 Å². The van der Waals surface area contributed by atoms with E-state index in [4.69, 9.17) is 9.47 Å². The van der Waals surface area contributed by atoms with Gasteiger partial charge in [-0.25, -0.2) is 0 Å². The number of methoxy groups -OCH3 is 2. The fraction of sp³-hybridized carbons (Fsp3) is 0.400. The molecule has 1 fully saturated rings. The quantitative estimate of drug-likeness (QED) is 0.747. The summed E-state index contributed by atoms with van der Waals surface area (Å²) in [5, 5.41) is 3.61. The molecule has 0 spiro atoms. The van der Waals surface area contributed by atoms with Crippen molar-refractivity contribution in [1.29, 1.82) is 0 Å². The van der Waals surface area contributed by atoms with Crippen molar-refractivity contribution in [1.82, 2.24) is 4.90 Å². The highest BCUT2D eigenvalue weighted by atomic mass is 32.1. The second-order valence-corrected chi connectivity index (χ2v) is 7.52. The molecule has 1 aliphatic rings. The molecule has 2 aromatic rings. The lowest BCUT2D eigenvalue weighted by Crippen LogP contribution is -2.29. The Morgan fingerprint density at radius 2 is 1.89 bits per heavy atom. The summed E-state index contributed by atoms with van der Waals surface area (Å²) in [6, 6.07) is 9.20. The number of thiophene rings is 1. The van der Waals surface area contributed by atoms with Gasteiger partial charge in [0.1, 0.15) is 0 Å². The number of carbonyl (C=O) groups is 2. The molecule has 7 heteroatoms. The minimum absolute atomic E-state index is 0.0496. The molecule has 1 aromatic heterocycles. The third kappa shape index (κ3) is 4.60. The summed E-state index contributed by atoms with van der Waals surface area (Å²) in [4.78, 5) is 27.1. The van der Waals surface area contributed by atoms with Crippen molar-refractivity contribution in [3.63, 3.8) is 0 Å². The van der Waals surface area contributed by atoms with Crippen molar-refractivity contribution >= 4 is 28.2 Å². The third-order valence-electron chi connectivity index (χ3n) is 4.50. The number of hydrogen-bond acceptors (Lipinski definition) is 5. The summed E-state index contributed by atoms with van der Waals surface area (Å²) in [7, 11) is 3.18. The van der Waals surface area contributed by atoms with Gasteiger partial charge in [0.15, 0.2) is 11.5 Å². The maximum absolute atomic E-state index is 12.9. The summed E-state index contributed by atoms with van der Waals surface area (Å²) in [5.74, 6) is 1.44. The summed E-state index contributed by atoms with van der Waals surface area (Å²) in [6.45, 7) is 2.99. The molecule has 2 amide bonds. The zero-order chi connectivity index (χ0) is 19.4. The van der Waals surface area contributed by atoms with Gasteiger partial charge in [-0.3, -0.25) is 9.59 Å². The first-order chi connectivity index (χ1) is 13.0. The molecule has 0 atom stereocenters. The number of rotatable bonds is 8. The lowest BCUT2D eigenvalue weighted by Gasteiger charge is -2.21. The van der Waals surface area contributed by atoms with Gasteiger partial charge in [0.25, 0.3) is 5.91 Å². The van der Waals surface area contributed by atoms with Crippen LogP contribution in [0, 0.1) is 5.92 Å². The minimum atomic E-state index is -0.0517. The number of amides is 2. The lowest BCUT2D eigenvalue weighted by atomic mass is 10.2. The first kappa shape index (κ1) is 19.2. The molecule has 3 rings (SSSR count). The predicted octanol–water partition coefficient (Wildman–Crippen LogP) is 3.78. The Balaban J connectivity index is 1.68. The van der Waals surface area contributed by atoms with Crippen LogP contribution in [-0.2, 0) is 11.3 Å². The predicted molar refractivity (Wildman–Crippen MR) is 106 cm³/mol. The fourth-order valence-electron chi connectivity index (χ4n) is 2.77. The Labute approximate surface area is 163 Å². The Bertz CT molecular complexity index is 829. The van der Waals surface area contributed by atoms with Gasteiger partial charge in [0, 0.05) is 19.0 Å². The van der Waals surface area contributed by atoms with Crippen LogP contribution in [0.1, 0.15) is 35.0 Å². The smallest absolute Gasteiger partial charge is 0.264 e. The van der Waals surface area contributed by atoms with Crippen molar-refractivity contribution in [2.75, 3.05) is 26.1 Å². The average Bonchev–Trinajstić information content (AvgIpc) is 3.45. The van der Waals surface area contributed by atoms with E-state index >= 15 is 0 Å². The molecule has 0 saturated heterocycles.